The molecule has 2 aromatic rings. The highest BCUT2D eigenvalue weighted by molar-refractivity contribution is 7.17. The first kappa shape index (κ1) is 13.1. The van der Waals surface area contributed by atoms with Crippen LogP contribution in [-0.2, 0) is 0 Å². The van der Waals surface area contributed by atoms with Crippen LogP contribution in [-0.4, -0.2) is 17.3 Å². The molecular weight excluding hydrogens is 293 g/mol. The second-order valence-electron chi connectivity index (χ2n) is 3.37. The lowest BCUT2D eigenvalue weighted by Gasteiger charge is -1.99. The van der Waals surface area contributed by atoms with Gasteiger partial charge in [-0.2, -0.15) is 0 Å². The van der Waals surface area contributed by atoms with Crippen LogP contribution in [0.25, 0.3) is 0 Å². The molecule has 0 unspecified atom stereocenters. The maximum absolute atomic E-state index is 10.8. The lowest BCUT2D eigenvalue weighted by Crippen LogP contribution is -1.96. The molecule has 6 heteroatoms. The predicted octanol–water partition coefficient (Wildman–Crippen LogP) is 4.50. The molecule has 0 spiro atoms. The molecule has 0 saturated heterocycles. The molecule has 0 aliphatic heterocycles. The van der Waals surface area contributed by atoms with Crippen LogP contribution in [0, 0.1) is 0 Å². The number of aliphatic imine (C=N–C) groups is 1. The van der Waals surface area contributed by atoms with Gasteiger partial charge in [-0.3, -0.25) is 4.99 Å². The SMILES string of the molecule is O=C(O)c1ccc(N=Cc2ccc(Cl)s2)cc1Cl. The van der Waals surface area contributed by atoms with Crippen molar-refractivity contribution >= 4 is 52.4 Å². The summed E-state index contributed by atoms with van der Waals surface area (Å²) in [4.78, 5) is 15.9. The third-order valence-corrected chi connectivity index (χ3v) is 3.60. The Morgan fingerprint density at radius 1 is 1.28 bits per heavy atom. The van der Waals surface area contributed by atoms with Gasteiger partial charge in [0, 0.05) is 11.1 Å². The first-order valence-corrected chi connectivity index (χ1v) is 6.46. The molecule has 0 bridgehead atoms. The molecule has 2 rings (SSSR count). The Kier molecular flexibility index (Phi) is 4.01. The molecule has 1 aromatic heterocycles. The van der Waals surface area contributed by atoms with Crippen molar-refractivity contribution in [1.29, 1.82) is 0 Å². The van der Waals surface area contributed by atoms with E-state index in [4.69, 9.17) is 28.3 Å². The number of nitrogens with zero attached hydrogens (tertiary/aromatic N) is 1. The third-order valence-electron chi connectivity index (χ3n) is 2.12. The fourth-order valence-electron chi connectivity index (χ4n) is 1.29. The van der Waals surface area contributed by atoms with Gasteiger partial charge in [0.25, 0.3) is 0 Å². The maximum Gasteiger partial charge on any atom is 0.337 e. The number of rotatable bonds is 3. The summed E-state index contributed by atoms with van der Waals surface area (Å²) >= 11 is 13.0. The molecule has 1 N–H and O–H groups in total. The molecule has 1 heterocycles. The Morgan fingerprint density at radius 2 is 2.06 bits per heavy atom. The minimum absolute atomic E-state index is 0.0646. The van der Waals surface area contributed by atoms with Gasteiger partial charge in [-0.25, -0.2) is 4.79 Å². The van der Waals surface area contributed by atoms with Gasteiger partial charge in [-0.05, 0) is 30.3 Å². The zero-order valence-electron chi connectivity index (χ0n) is 8.93. The van der Waals surface area contributed by atoms with Crippen molar-refractivity contribution in [3.63, 3.8) is 0 Å². The van der Waals surface area contributed by atoms with Crippen LogP contribution < -0.4 is 0 Å². The molecule has 1 aromatic carbocycles. The molecule has 0 atom stereocenters. The molecular formula is C12H7Cl2NO2S. The largest absolute Gasteiger partial charge is 0.478 e. The van der Waals surface area contributed by atoms with Gasteiger partial charge in [0.05, 0.1) is 20.6 Å². The van der Waals surface area contributed by atoms with E-state index in [9.17, 15) is 4.79 Å². The Morgan fingerprint density at radius 3 is 2.61 bits per heavy atom. The molecule has 0 amide bonds. The highest BCUT2D eigenvalue weighted by Crippen LogP contribution is 2.24. The van der Waals surface area contributed by atoms with Crippen molar-refractivity contribution in [2.45, 2.75) is 0 Å². The molecule has 0 saturated carbocycles. The quantitative estimate of drug-likeness (QED) is 0.848. The topological polar surface area (TPSA) is 49.7 Å². The Labute approximate surface area is 117 Å². The molecule has 0 radical (unpaired) electrons. The van der Waals surface area contributed by atoms with E-state index < -0.39 is 5.97 Å². The monoisotopic (exact) mass is 299 g/mol. The summed E-state index contributed by atoms with van der Waals surface area (Å²) in [6.45, 7) is 0. The van der Waals surface area contributed by atoms with Crippen molar-refractivity contribution in [2.24, 2.45) is 4.99 Å². The minimum Gasteiger partial charge on any atom is -0.478 e. The number of benzene rings is 1. The van der Waals surface area contributed by atoms with E-state index in [1.54, 1.807) is 18.3 Å². The molecule has 18 heavy (non-hydrogen) atoms. The minimum atomic E-state index is -1.06. The Bertz CT molecular complexity index is 622. The van der Waals surface area contributed by atoms with E-state index in [0.717, 1.165) is 4.88 Å². The van der Waals surface area contributed by atoms with Crippen LogP contribution in [0.1, 0.15) is 15.2 Å². The number of halogens is 2. The summed E-state index contributed by atoms with van der Waals surface area (Å²) in [5.74, 6) is -1.06. The number of carbonyl (C=O) groups is 1. The summed E-state index contributed by atoms with van der Waals surface area (Å²) < 4.78 is 0.690. The second-order valence-corrected chi connectivity index (χ2v) is 5.52. The molecule has 3 nitrogen and oxygen atoms in total. The average Bonchev–Trinajstić information content (AvgIpc) is 2.72. The van der Waals surface area contributed by atoms with Crippen molar-refractivity contribution in [2.75, 3.05) is 0 Å². The third kappa shape index (κ3) is 3.10. The van der Waals surface area contributed by atoms with Crippen LogP contribution in [0.2, 0.25) is 9.36 Å². The highest BCUT2D eigenvalue weighted by atomic mass is 35.5. The zero-order chi connectivity index (χ0) is 13.1. The van der Waals surface area contributed by atoms with Gasteiger partial charge in [0.15, 0.2) is 0 Å². The van der Waals surface area contributed by atoms with E-state index in [2.05, 4.69) is 4.99 Å². The van der Waals surface area contributed by atoms with E-state index >= 15 is 0 Å². The zero-order valence-corrected chi connectivity index (χ0v) is 11.3. The van der Waals surface area contributed by atoms with Crippen LogP contribution in [0.15, 0.2) is 35.3 Å². The van der Waals surface area contributed by atoms with E-state index in [-0.39, 0.29) is 10.6 Å². The normalized spacial score (nSPS) is 11.0. The van der Waals surface area contributed by atoms with Gasteiger partial charge in [0.2, 0.25) is 0 Å². The standard InChI is InChI=1S/C12H7Cl2NO2S/c13-10-5-7(1-3-9(10)12(16)17)15-6-8-2-4-11(14)18-8/h1-6H,(H,16,17). The number of carboxylic acid groups (broad SMARTS) is 1. The van der Waals surface area contributed by atoms with Crippen LogP contribution in [0.4, 0.5) is 5.69 Å². The van der Waals surface area contributed by atoms with Crippen molar-refractivity contribution in [3.05, 3.63) is 50.1 Å². The van der Waals surface area contributed by atoms with E-state index in [1.807, 2.05) is 6.07 Å². The van der Waals surface area contributed by atoms with Gasteiger partial charge in [0.1, 0.15) is 0 Å². The first-order chi connectivity index (χ1) is 8.56. The summed E-state index contributed by atoms with van der Waals surface area (Å²) in [6.07, 6.45) is 1.66. The van der Waals surface area contributed by atoms with Gasteiger partial charge in [-0.15, -0.1) is 11.3 Å². The smallest absolute Gasteiger partial charge is 0.337 e. The first-order valence-electron chi connectivity index (χ1n) is 4.88. The fourth-order valence-corrected chi connectivity index (χ4v) is 2.48. The van der Waals surface area contributed by atoms with Crippen molar-refractivity contribution in [3.8, 4) is 0 Å². The highest BCUT2D eigenvalue weighted by Gasteiger charge is 2.08. The summed E-state index contributed by atoms with van der Waals surface area (Å²) in [5.41, 5.74) is 0.657. The fraction of sp³-hybridized carbons (Fsp3) is 0. The van der Waals surface area contributed by atoms with Crippen LogP contribution in [0.5, 0.6) is 0 Å². The summed E-state index contributed by atoms with van der Waals surface area (Å²) in [7, 11) is 0. The number of carboxylic acids is 1. The lowest BCUT2D eigenvalue weighted by atomic mass is 10.2. The van der Waals surface area contributed by atoms with Gasteiger partial charge in [-0.1, -0.05) is 23.2 Å². The van der Waals surface area contributed by atoms with Gasteiger partial charge < -0.3 is 5.11 Å². The van der Waals surface area contributed by atoms with Gasteiger partial charge >= 0.3 is 5.97 Å². The van der Waals surface area contributed by atoms with Crippen molar-refractivity contribution < 1.29 is 9.90 Å². The number of thiophene rings is 1. The van der Waals surface area contributed by atoms with Crippen molar-refractivity contribution in [1.82, 2.24) is 0 Å². The second kappa shape index (κ2) is 5.52. The lowest BCUT2D eigenvalue weighted by molar-refractivity contribution is 0.0697. The Balaban J connectivity index is 2.22. The maximum atomic E-state index is 10.8. The number of hydrogen-bond acceptors (Lipinski definition) is 3. The number of aromatic carboxylic acids is 1. The number of hydrogen-bond donors (Lipinski definition) is 1. The summed E-state index contributed by atoms with van der Waals surface area (Å²) in [5, 5.41) is 9.00. The van der Waals surface area contributed by atoms with Crippen LogP contribution >= 0.6 is 34.5 Å². The Hall–Kier alpha value is -1.36. The average molecular weight is 300 g/mol. The van der Waals surface area contributed by atoms with E-state index in [0.29, 0.717) is 10.0 Å². The summed E-state index contributed by atoms with van der Waals surface area (Å²) in [6, 6.07) is 8.17. The van der Waals surface area contributed by atoms with Crippen LogP contribution in [0.3, 0.4) is 0 Å². The molecule has 0 fully saturated rings. The molecule has 0 aliphatic carbocycles. The van der Waals surface area contributed by atoms with E-state index in [1.165, 1.54) is 23.5 Å². The molecule has 0 aliphatic rings. The predicted molar refractivity (Wildman–Crippen MR) is 75.0 cm³/mol. The molecule has 92 valence electrons.